The van der Waals surface area contributed by atoms with Crippen molar-refractivity contribution in [2.75, 3.05) is 18.5 Å². The highest BCUT2D eigenvalue weighted by Gasteiger charge is 2.24. The fourth-order valence-corrected chi connectivity index (χ4v) is 2.00. The number of ether oxygens (including phenoxy) is 1. The molecule has 18 heavy (non-hydrogen) atoms. The van der Waals surface area contributed by atoms with E-state index in [-0.39, 0.29) is 17.4 Å². The molecule has 98 valence electrons. The van der Waals surface area contributed by atoms with E-state index >= 15 is 0 Å². The monoisotopic (exact) mass is 254 g/mol. The number of carbonyl (C=O) groups is 1. The van der Waals surface area contributed by atoms with Crippen molar-refractivity contribution in [2.24, 2.45) is 5.92 Å². The minimum absolute atomic E-state index is 0.0311. The molecular formula is C12H15FN2O3. The molecule has 5 nitrogen and oxygen atoms in total. The Balaban J connectivity index is 2.15. The number of nitrogens with one attached hydrogen (secondary N) is 1. The number of rotatable bonds is 4. The lowest BCUT2D eigenvalue weighted by Crippen LogP contribution is -2.27. The van der Waals surface area contributed by atoms with Crippen molar-refractivity contribution in [3.8, 4) is 0 Å². The first kappa shape index (κ1) is 12.8. The zero-order chi connectivity index (χ0) is 13.1. The molecule has 2 atom stereocenters. The molecule has 2 rings (SSSR count). The number of aromatic nitrogens is 1. The first-order valence-electron chi connectivity index (χ1n) is 5.81. The van der Waals surface area contributed by atoms with Gasteiger partial charge in [0.25, 0.3) is 0 Å². The van der Waals surface area contributed by atoms with Crippen LogP contribution < -0.4 is 5.32 Å². The summed E-state index contributed by atoms with van der Waals surface area (Å²) in [5.74, 6) is -1.34. The Morgan fingerprint density at radius 3 is 3.11 bits per heavy atom. The summed E-state index contributed by atoms with van der Waals surface area (Å²) >= 11 is 0. The Bertz CT molecular complexity index is 447. The van der Waals surface area contributed by atoms with E-state index in [0.29, 0.717) is 12.5 Å². The Morgan fingerprint density at radius 1 is 1.72 bits per heavy atom. The van der Waals surface area contributed by atoms with Crippen molar-refractivity contribution >= 4 is 11.8 Å². The van der Waals surface area contributed by atoms with Crippen LogP contribution in [0.4, 0.5) is 10.2 Å². The van der Waals surface area contributed by atoms with E-state index in [1.807, 2.05) is 6.92 Å². The highest BCUT2D eigenvalue weighted by molar-refractivity contribution is 5.93. The maximum Gasteiger partial charge on any atom is 0.339 e. The molecule has 2 heterocycles. The molecule has 1 fully saturated rings. The molecule has 0 bridgehead atoms. The molecule has 1 aliphatic heterocycles. The van der Waals surface area contributed by atoms with Crippen LogP contribution in [0.2, 0.25) is 0 Å². The van der Waals surface area contributed by atoms with Crippen molar-refractivity contribution in [1.29, 1.82) is 0 Å². The van der Waals surface area contributed by atoms with Gasteiger partial charge in [-0.15, -0.1) is 0 Å². The quantitative estimate of drug-likeness (QED) is 0.856. The minimum Gasteiger partial charge on any atom is -0.478 e. The topological polar surface area (TPSA) is 71.5 Å². The number of hydrogen-bond donors (Lipinski definition) is 2. The first-order chi connectivity index (χ1) is 8.58. The summed E-state index contributed by atoms with van der Waals surface area (Å²) in [6, 6.07) is 0.999. The molecule has 6 heteroatoms. The van der Waals surface area contributed by atoms with Crippen LogP contribution in [0.25, 0.3) is 0 Å². The lowest BCUT2D eigenvalue weighted by atomic mass is 10.0. The van der Waals surface area contributed by atoms with E-state index in [0.717, 1.165) is 25.3 Å². The molecule has 0 spiro atoms. The lowest BCUT2D eigenvalue weighted by Gasteiger charge is -2.20. The van der Waals surface area contributed by atoms with Crippen LogP contribution in [-0.4, -0.2) is 35.3 Å². The molecule has 1 aliphatic rings. The van der Waals surface area contributed by atoms with Crippen LogP contribution in [0.3, 0.4) is 0 Å². The fourth-order valence-electron chi connectivity index (χ4n) is 2.00. The molecule has 0 aromatic carbocycles. The second-order valence-corrected chi connectivity index (χ2v) is 4.41. The van der Waals surface area contributed by atoms with Crippen molar-refractivity contribution in [2.45, 2.75) is 19.4 Å². The number of carboxylic acid groups (broad SMARTS) is 1. The van der Waals surface area contributed by atoms with E-state index in [1.54, 1.807) is 0 Å². The summed E-state index contributed by atoms with van der Waals surface area (Å²) in [5, 5.41) is 12.0. The number of nitrogens with zero attached hydrogens (tertiary/aromatic N) is 1. The van der Waals surface area contributed by atoms with Gasteiger partial charge in [0.05, 0.1) is 12.8 Å². The van der Waals surface area contributed by atoms with Crippen molar-refractivity contribution < 1.29 is 19.0 Å². The van der Waals surface area contributed by atoms with Gasteiger partial charge < -0.3 is 15.2 Å². The molecular weight excluding hydrogens is 239 g/mol. The summed E-state index contributed by atoms with van der Waals surface area (Å²) in [4.78, 5) is 14.8. The average Bonchev–Trinajstić information content (AvgIpc) is 2.84. The molecule has 0 saturated carbocycles. The molecule has 0 radical (unpaired) electrons. The van der Waals surface area contributed by atoms with Crippen molar-refractivity contribution in [3.63, 3.8) is 0 Å². The highest BCUT2D eigenvalue weighted by Crippen LogP contribution is 2.21. The van der Waals surface area contributed by atoms with E-state index in [1.165, 1.54) is 0 Å². The van der Waals surface area contributed by atoms with Gasteiger partial charge in [0.15, 0.2) is 0 Å². The summed E-state index contributed by atoms with van der Waals surface area (Å²) < 4.78 is 18.2. The third-order valence-electron chi connectivity index (χ3n) is 3.12. The van der Waals surface area contributed by atoms with E-state index < -0.39 is 11.8 Å². The number of halogens is 1. The summed E-state index contributed by atoms with van der Waals surface area (Å²) in [6.07, 6.45) is 1.93. The van der Waals surface area contributed by atoms with Gasteiger partial charge in [-0.25, -0.2) is 14.2 Å². The van der Waals surface area contributed by atoms with E-state index in [2.05, 4.69) is 10.3 Å². The van der Waals surface area contributed by atoms with Gasteiger partial charge >= 0.3 is 5.97 Å². The van der Waals surface area contributed by atoms with Crippen molar-refractivity contribution in [1.82, 2.24) is 4.98 Å². The van der Waals surface area contributed by atoms with Gasteiger partial charge in [0.1, 0.15) is 17.2 Å². The van der Waals surface area contributed by atoms with Gasteiger partial charge in [-0.05, 0) is 19.4 Å². The first-order valence-corrected chi connectivity index (χ1v) is 5.81. The Labute approximate surface area is 104 Å². The zero-order valence-electron chi connectivity index (χ0n) is 10.0. The van der Waals surface area contributed by atoms with Gasteiger partial charge in [0.2, 0.25) is 0 Å². The smallest absolute Gasteiger partial charge is 0.339 e. The van der Waals surface area contributed by atoms with Crippen LogP contribution in [0.5, 0.6) is 0 Å². The van der Waals surface area contributed by atoms with Gasteiger partial charge in [0, 0.05) is 18.6 Å². The third-order valence-corrected chi connectivity index (χ3v) is 3.12. The molecule has 1 aromatic heterocycles. The summed E-state index contributed by atoms with van der Waals surface area (Å²) in [6.45, 7) is 3.31. The molecule has 1 aromatic rings. The second-order valence-electron chi connectivity index (χ2n) is 4.41. The van der Waals surface area contributed by atoms with Gasteiger partial charge in [-0.1, -0.05) is 0 Å². The maximum absolute atomic E-state index is 13.0. The second kappa shape index (κ2) is 5.30. The van der Waals surface area contributed by atoms with Crippen LogP contribution in [0.15, 0.2) is 12.3 Å². The molecule has 1 saturated heterocycles. The minimum atomic E-state index is -1.20. The van der Waals surface area contributed by atoms with E-state index in [9.17, 15) is 9.18 Å². The van der Waals surface area contributed by atoms with Gasteiger partial charge in [-0.3, -0.25) is 0 Å². The largest absolute Gasteiger partial charge is 0.478 e. The standard InChI is InChI=1S/C12H15FN2O3/c1-7(8-2-3-18-6-8)15-11-10(12(16)17)4-9(13)5-14-11/h4-5,7-8H,2-3,6H2,1H3,(H,14,15)(H,16,17). The summed E-state index contributed by atoms with van der Waals surface area (Å²) in [7, 11) is 0. The molecule has 0 amide bonds. The van der Waals surface area contributed by atoms with Crippen LogP contribution in [-0.2, 0) is 4.74 Å². The number of anilines is 1. The van der Waals surface area contributed by atoms with Crippen LogP contribution >= 0.6 is 0 Å². The van der Waals surface area contributed by atoms with E-state index in [4.69, 9.17) is 9.84 Å². The van der Waals surface area contributed by atoms with Crippen LogP contribution in [0.1, 0.15) is 23.7 Å². The third kappa shape index (κ3) is 2.76. The Morgan fingerprint density at radius 2 is 2.50 bits per heavy atom. The normalized spacial score (nSPS) is 20.7. The Hall–Kier alpha value is -1.69. The molecule has 2 unspecified atom stereocenters. The van der Waals surface area contributed by atoms with Crippen molar-refractivity contribution in [3.05, 3.63) is 23.6 Å². The highest BCUT2D eigenvalue weighted by atomic mass is 19.1. The molecule has 2 N–H and O–H groups in total. The average molecular weight is 254 g/mol. The fraction of sp³-hybridized carbons (Fsp3) is 0.500. The number of aromatic carboxylic acids is 1. The summed E-state index contributed by atoms with van der Waals surface area (Å²) in [5.41, 5.74) is -0.152. The zero-order valence-corrected chi connectivity index (χ0v) is 10.0. The predicted molar refractivity (Wildman–Crippen MR) is 63.2 cm³/mol. The lowest BCUT2D eigenvalue weighted by molar-refractivity contribution is 0.0697. The number of pyridine rings is 1. The van der Waals surface area contributed by atoms with Crippen LogP contribution in [0, 0.1) is 11.7 Å². The predicted octanol–water partition coefficient (Wildman–Crippen LogP) is 1.76. The Kier molecular flexibility index (Phi) is 3.76. The number of carboxylic acids is 1. The van der Waals surface area contributed by atoms with Gasteiger partial charge in [-0.2, -0.15) is 0 Å². The maximum atomic E-state index is 13.0. The SMILES string of the molecule is CC(Nc1ncc(F)cc1C(=O)O)C1CCOC1. The number of hydrogen-bond acceptors (Lipinski definition) is 4. The molecule has 0 aliphatic carbocycles.